The summed E-state index contributed by atoms with van der Waals surface area (Å²) >= 11 is 0. The van der Waals surface area contributed by atoms with Crippen LogP contribution in [-0.4, -0.2) is 34.9 Å². The number of fused-ring (bicyclic) bond motifs is 1. The van der Waals surface area contributed by atoms with Crippen LogP contribution in [0.4, 0.5) is 0 Å². The van der Waals surface area contributed by atoms with Gasteiger partial charge in [-0.2, -0.15) is 0 Å². The van der Waals surface area contributed by atoms with Gasteiger partial charge in [-0.3, -0.25) is 9.59 Å². The van der Waals surface area contributed by atoms with Crippen molar-refractivity contribution < 1.29 is 4.79 Å². The summed E-state index contributed by atoms with van der Waals surface area (Å²) in [4.78, 5) is 32.1. The zero-order chi connectivity index (χ0) is 18.0. The summed E-state index contributed by atoms with van der Waals surface area (Å²) in [5.74, 6) is 0.117. The van der Waals surface area contributed by atoms with E-state index < -0.39 is 0 Å². The van der Waals surface area contributed by atoms with E-state index in [0.29, 0.717) is 12.8 Å². The van der Waals surface area contributed by atoms with Crippen LogP contribution in [0.3, 0.4) is 0 Å². The Kier molecular flexibility index (Phi) is 4.65. The lowest BCUT2D eigenvalue weighted by Crippen LogP contribution is -2.21. The van der Waals surface area contributed by atoms with Gasteiger partial charge in [0.25, 0.3) is 0 Å². The second-order valence-corrected chi connectivity index (χ2v) is 6.41. The highest BCUT2D eigenvalue weighted by molar-refractivity contribution is 5.85. The molecule has 128 valence electrons. The van der Waals surface area contributed by atoms with E-state index in [0.717, 1.165) is 33.3 Å². The van der Waals surface area contributed by atoms with Crippen molar-refractivity contribution in [2.75, 3.05) is 14.1 Å². The van der Waals surface area contributed by atoms with Gasteiger partial charge in [-0.05, 0) is 42.7 Å². The molecule has 0 aliphatic heterocycles. The predicted octanol–water partition coefficient (Wildman–Crippen LogP) is 2.92. The number of aromatic amines is 1. The Labute approximate surface area is 146 Å². The Bertz CT molecular complexity index is 969. The summed E-state index contributed by atoms with van der Waals surface area (Å²) in [6, 6.07) is 11.4. The van der Waals surface area contributed by atoms with Crippen LogP contribution in [0.2, 0.25) is 0 Å². The molecule has 2 heterocycles. The molecule has 0 saturated heterocycles. The normalized spacial score (nSPS) is 10.8. The fraction of sp³-hybridized carbons (Fsp3) is 0.250. The van der Waals surface area contributed by atoms with Crippen molar-refractivity contribution in [3.63, 3.8) is 0 Å². The monoisotopic (exact) mass is 335 g/mol. The van der Waals surface area contributed by atoms with Crippen molar-refractivity contribution in [2.45, 2.75) is 19.8 Å². The average Bonchev–Trinajstić information content (AvgIpc) is 2.59. The summed E-state index contributed by atoms with van der Waals surface area (Å²) in [6.07, 6.45) is 2.85. The van der Waals surface area contributed by atoms with Crippen molar-refractivity contribution in [1.29, 1.82) is 0 Å². The smallest absolute Gasteiger partial charge is 0.247 e. The van der Waals surface area contributed by atoms with Gasteiger partial charge in [0.15, 0.2) is 0 Å². The topological polar surface area (TPSA) is 66.1 Å². The van der Waals surface area contributed by atoms with Crippen molar-refractivity contribution in [2.24, 2.45) is 0 Å². The van der Waals surface area contributed by atoms with Crippen LogP contribution in [0.15, 0.2) is 47.4 Å². The van der Waals surface area contributed by atoms with Gasteiger partial charge in [0, 0.05) is 43.7 Å². The molecule has 3 rings (SSSR count). The lowest BCUT2D eigenvalue weighted by molar-refractivity contribution is -0.128. The maximum atomic E-state index is 11.8. The quantitative estimate of drug-likeness (QED) is 0.797. The van der Waals surface area contributed by atoms with Crippen LogP contribution in [0.5, 0.6) is 0 Å². The van der Waals surface area contributed by atoms with Crippen molar-refractivity contribution in [1.82, 2.24) is 14.9 Å². The minimum atomic E-state index is -0.130. The highest BCUT2D eigenvalue weighted by Gasteiger charge is 2.08. The second kappa shape index (κ2) is 6.89. The van der Waals surface area contributed by atoms with Crippen molar-refractivity contribution >= 4 is 16.8 Å². The Morgan fingerprint density at radius 3 is 2.64 bits per heavy atom. The van der Waals surface area contributed by atoms with Gasteiger partial charge in [-0.25, -0.2) is 4.98 Å². The van der Waals surface area contributed by atoms with E-state index >= 15 is 0 Å². The Morgan fingerprint density at radius 2 is 1.96 bits per heavy atom. The Balaban J connectivity index is 1.96. The van der Waals surface area contributed by atoms with E-state index in [9.17, 15) is 9.59 Å². The zero-order valence-electron chi connectivity index (χ0n) is 14.7. The van der Waals surface area contributed by atoms with E-state index in [2.05, 4.69) is 24.0 Å². The number of amides is 1. The van der Waals surface area contributed by atoms with Gasteiger partial charge in [-0.15, -0.1) is 0 Å². The molecule has 0 bridgehead atoms. The van der Waals surface area contributed by atoms with Gasteiger partial charge in [0.05, 0.1) is 11.2 Å². The summed E-state index contributed by atoms with van der Waals surface area (Å²) in [6.45, 7) is 2.05. The van der Waals surface area contributed by atoms with E-state index in [-0.39, 0.29) is 11.5 Å². The third kappa shape index (κ3) is 3.76. The molecule has 0 radical (unpaired) electrons. The Hall–Kier alpha value is -2.95. The zero-order valence-corrected chi connectivity index (χ0v) is 14.7. The first-order chi connectivity index (χ1) is 11.9. The number of hydrogen-bond donors (Lipinski definition) is 1. The second-order valence-electron chi connectivity index (χ2n) is 6.41. The number of nitrogens with one attached hydrogen (secondary N) is 1. The van der Waals surface area contributed by atoms with E-state index in [1.807, 2.05) is 12.1 Å². The molecule has 3 aromatic rings. The fourth-order valence-electron chi connectivity index (χ4n) is 2.80. The number of nitrogens with zero attached hydrogens (tertiary/aromatic N) is 2. The van der Waals surface area contributed by atoms with Crippen LogP contribution in [0.25, 0.3) is 22.2 Å². The van der Waals surface area contributed by atoms with Crippen molar-refractivity contribution in [3.05, 3.63) is 64.1 Å². The highest BCUT2D eigenvalue weighted by Crippen LogP contribution is 2.24. The van der Waals surface area contributed by atoms with E-state index in [1.165, 1.54) is 6.07 Å². The van der Waals surface area contributed by atoms with Gasteiger partial charge in [-0.1, -0.05) is 12.1 Å². The molecule has 1 aromatic carbocycles. The molecule has 0 unspecified atom stereocenters. The molecular weight excluding hydrogens is 314 g/mol. The van der Waals surface area contributed by atoms with Gasteiger partial charge in [0.2, 0.25) is 11.5 Å². The summed E-state index contributed by atoms with van der Waals surface area (Å²) in [7, 11) is 3.54. The lowest BCUT2D eigenvalue weighted by Gasteiger charge is -2.11. The fourth-order valence-corrected chi connectivity index (χ4v) is 2.80. The van der Waals surface area contributed by atoms with E-state index in [4.69, 9.17) is 4.98 Å². The summed E-state index contributed by atoms with van der Waals surface area (Å²) in [5.41, 5.74) is 4.68. The van der Waals surface area contributed by atoms with Crippen LogP contribution >= 0.6 is 0 Å². The maximum absolute atomic E-state index is 11.8. The number of benzene rings is 1. The first-order valence-corrected chi connectivity index (χ1v) is 8.23. The first kappa shape index (κ1) is 16.9. The molecule has 25 heavy (non-hydrogen) atoms. The van der Waals surface area contributed by atoms with Crippen LogP contribution < -0.4 is 5.56 Å². The molecule has 1 N–H and O–H groups in total. The van der Waals surface area contributed by atoms with Gasteiger partial charge >= 0.3 is 0 Å². The molecule has 2 aromatic heterocycles. The number of H-pyrrole nitrogens is 1. The molecule has 0 aliphatic carbocycles. The van der Waals surface area contributed by atoms with E-state index in [1.54, 1.807) is 31.3 Å². The standard InChI is InChI=1S/C20H21N3O2/c1-13-10-17(15-6-8-19(24)21-12-15)22-18-11-14(4-7-16(13)18)5-9-20(25)23(2)3/h4,6-8,10-12H,5,9H2,1-3H3,(H,21,24). The summed E-state index contributed by atoms with van der Waals surface area (Å²) in [5, 5.41) is 1.09. The molecule has 1 amide bonds. The number of pyridine rings is 2. The molecule has 5 nitrogen and oxygen atoms in total. The Morgan fingerprint density at radius 1 is 1.16 bits per heavy atom. The average molecular weight is 335 g/mol. The molecule has 5 heteroatoms. The summed E-state index contributed by atoms with van der Waals surface area (Å²) < 4.78 is 0. The van der Waals surface area contributed by atoms with Gasteiger partial charge < -0.3 is 9.88 Å². The number of aryl methyl sites for hydroxylation is 2. The molecule has 0 atom stereocenters. The molecule has 0 spiro atoms. The lowest BCUT2D eigenvalue weighted by atomic mass is 10.0. The highest BCUT2D eigenvalue weighted by atomic mass is 16.2. The van der Waals surface area contributed by atoms with Crippen LogP contribution in [0.1, 0.15) is 17.5 Å². The number of rotatable bonds is 4. The predicted molar refractivity (Wildman–Crippen MR) is 99.6 cm³/mol. The number of carbonyl (C=O) groups is 1. The largest absolute Gasteiger partial charge is 0.349 e. The minimum Gasteiger partial charge on any atom is -0.349 e. The number of hydrogen-bond acceptors (Lipinski definition) is 3. The molecule has 0 fully saturated rings. The number of carbonyl (C=O) groups excluding carboxylic acids is 1. The molecule has 0 aliphatic rings. The number of aromatic nitrogens is 2. The van der Waals surface area contributed by atoms with Gasteiger partial charge in [0.1, 0.15) is 0 Å². The molecule has 0 saturated carbocycles. The third-order valence-electron chi connectivity index (χ3n) is 4.29. The minimum absolute atomic E-state index is 0.117. The maximum Gasteiger partial charge on any atom is 0.247 e. The molecular formula is C20H21N3O2. The first-order valence-electron chi connectivity index (χ1n) is 8.23. The third-order valence-corrected chi connectivity index (χ3v) is 4.29. The SMILES string of the molecule is Cc1cc(-c2ccc(=O)[nH]c2)nc2cc(CCC(=O)N(C)C)ccc12. The van der Waals surface area contributed by atoms with Crippen LogP contribution in [-0.2, 0) is 11.2 Å². The van der Waals surface area contributed by atoms with Crippen molar-refractivity contribution in [3.8, 4) is 11.3 Å². The van der Waals surface area contributed by atoms with Crippen LogP contribution in [0, 0.1) is 6.92 Å².